The van der Waals surface area contributed by atoms with E-state index in [0.29, 0.717) is 24.4 Å². The second-order valence-electron chi connectivity index (χ2n) is 5.98. The van der Waals surface area contributed by atoms with Gasteiger partial charge >= 0.3 is 0 Å². The van der Waals surface area contributed by atoms with Gasteiger partial charge in [-0.1, -0.05) is 6.07 Å². The lowest BCUT2D eigenvalue weighted by Crippen LogP contribution is -2.43. The number of hydrogen-bond acceptors (Lipinski definition) is 5. The van der Waals surface area contributed by atoms with Crippen LogP contribution in [0.5, 0.6) is 0 Å². The molecule has 1 unspecified atom stereocenters. The Morgan fingerprint density at radius 1 is 1.32 bits per heavy atom. The van der Waals surface area contributed by atoms with Crippen molar-refractivity contribution < 1.29 is 13.9 Å². The number of anilines is 1. The Labute approximate surface area is 153 Å². The van der Waals surface area contributed by atoms with E-state index in [9.17, 15) is 4.79 Å². The fourth-order valence-electron chi connectivity index (χ4n) is 2.85. The van der Waals surface area contributed by atoms with E-state index in [1.165, 1.54) is 0 Å². The summed E-state index contributed by atoms with van der Waals surface area (Å²) in [7, 11) is 0. The molecule has 1 amide bonds. The molecule has 3 N–H and O–H groups in total. The standard InChI is InChI=1S/C18H23N3O3.ClH/c19-15-4-1-3-14(11-15)18(22)20-7-6-17-13-21(8-10-24-17)12-16-5-2-9-23-16;/h1-5,9,11,17H,6-8,10,12-13,19H2,(H,20,22);1H. The Hall–Kier alpha value is -2.02. The topological polar surface area (TPSA) is 80.7 Å². The third kappa shape index (κ3) is 5.77. The Balaban J connectivity index is 0.00000225. The van der Waals surface area contributed by atoms with E-state index in [4.69, 9.17) is 14.9 Å². The average Bonchev–Trinajstić information content (AvgIpc) is 3.08. The van der Waals surface area contributed by atoms with Crippen molar-refractivity contribution in [1.29, 1.82) is 0 Å². The number of amides is 1. The number of furan rings is 1. The highest BCUT2D eigenvalue weighted by atomic mass is 35.5. The van der Waals surface area contributed by atoms with Crippen LogP contribution in [0.15, 0.2) is 47.1 Å². The Kier molecular flexibility index (Phi) is 7.31. The van der Waals surface area contributed by atoms with E-state index in [-0.39, 0.29) is 24.4 Å². The van der Waals surface area contributed by atoms with Gasteiger partial charge in [-0.05, 0) is 36.8 Å². The van der Waals surface area contributed by atoms with E-state index >= 15 is 0 Å². The van der Waals surface area contributed by atoms with E-state index in [0.717, 1.165) is 31.8 Å². The van der Waals surface area contributed by atoms with E-state index in [1.54, 1.807) is 30.5 Å². The van der Waals surface area contributed by atoms with Gasteiger partial charge in [-0.15, -0.1) is 12.4 Å². The summed E-state index contributed by atoms with van der Waals surface area (Å²) in [5.74, 6) is 0.858. The number of benzene rings is 1. The largest absolute Gasteiger partial charge is 0.468 e. The van der Waals surface area contributed by atoms with Gasteiger partial charge in [0.1, 0.15) is 5.76 Å². The molecule has 1 fully saturated rings. The lowest BCUT2D eigenvalue weighted by Gasteiger charge is -2.32. The maximum absolute atomic E-state index is 12.1. The summed E-state index contributed by atoms with van der Waals surface area (Å²) < 4.78 is 11.2. The zero-order chi connectivity index (χ0) is 16.8. The molecule has 1 aliphatic rings. The summed E-state index contributed by atoms with van der Waals surface area (Å²) >= 11 is 0. The summed E-state index contributed by atoms with van der Waals surface area (Å²) in [4.78, 5) is 14.4. The third-order valence-electron chi connectivity index (χ3n) is 4.08. The number of hydrogen-bond donors (Lipinski definition) is 2. The van der Waals surface area contributed by atoms with Gasteiger partial charge < -0.3 is 20.2 Å². The second kappa shape index (κ2) is 9.46. The quantitative estimate of drug-likeness (QED) is 0.768. The average molecular weight is 366 g/mol. The van der Waals surface area contributed by atoms with Crippen molar-refractivity contribution in [2.75, 3.05) is 32.0 Å². The van der Waals surface area contributed by atoms with Crippen molar-refractivity contribution in [1.82, 2.24) is 10.2 Å². The van der Waals surface area contributed by atoms with Gasteiger partial charge in [0.25, 0.3) is 5.91 Å². The zero-order valence-corrected chi connectivity index (χ0v) is 14.8. The molecular weight excluding hydrogens is 342 g/mol. The van der Waals surface area contributed by atoms with Gasteiger partial charge in [-0.2, -0.15) is 0 Å². The number of morpholine rings is 1. The molecule has 0 saturated carbocycles. The van der Waals surface area contributed by atoms with Crippen LogP contribution in [0.2, 0.25) is 0 Å². The van der Waals surface area contributed by atoms with Crippen molar-refractivity contribution in [3.63, 3.8) is 0 Å². The Morgan fingerprint density at radius 3 is 2.96 bits per heavy atom. The number of halogens is 1. The highest BCUT2D eigenvalue weighted by Crippen LogP contribution is 2.13. The van der Waals surface area contributed by atoms with E-state index in [2.05, 4.69) is 10.2 Å². The smallest absolute Gasteiger partial charge is 0.251 e. The van der Waals surface area contributed by atoms with Crippen molar-refractivity contribution in [2.24, 2.45) is 0 Å². The molecule has 3 rings (SSSR count). The normalized spacial score (nSPS) is 17.7. The molecule has 2 aromatic rings. The zero-order valence-electron chi connectivity index (χ0n) is 14.0. The maximum Gasteiger partial charge on any atom is 0.251 e. The minimum absolute atomic E-state index is 0. The van der Waals surface area contributed by atoms with Gasteiger partial charge in [-0.3, -0.25) is 9.69 Å². The van der Waals surface area contributed by atoms with Gasteiger partial charge in [0.05, 0.1) is 25.5 Å². The molecule has 0 aliphatic carbocycles. The first-order valence-electron chi connectivity index (χ1n) is 8.21. The predicted octanol–water partition coefficient (Wildman–Crippen LogP) is 2.30. The first-order valence-corrected chi connectivity index (χ1v) is 8.21. The molecule has 6 nitrogen and oxygen atoms in total. The molecule has 0 bridgehead atoms. The van der Waals surface area contributed by atoms with Crippen molar-refractivity contribution >= 4 is 24.0 Å². The molecule has 0 radical (unpaired) electrons. The summed E-state index contributed by atoms with van der Waals surface area (Å²) in [6.45, 7) is 3.81. The van der Waals surface area contributed by atoms with Crippen LogP contribution in [0.4, 0.5) is 5.69 Å². The number of ether oxygens (including phenoxy) is 1. The fraction of sp³-hybridized carbons (Fsp3) is 0.389. The number of rotatable bonds is 6. The van der Waals surface area contributed by atoms with E-state index < -0.39 is 0 Å². The molecule has 1 aliphatic heterocycles. The number of carbonyl (C=O) groups is 1. The lowest BCUT2D eigenvalue weighted by molar-refractivity contribution is -0.0358. The molecule has 1 atom stereocenters. The van der Waals surface area contributed by atoms with Crippen molar-refractivity contribution in [3.8, 4) is 0 Å². The molecule has 136 valence electrons. The van der Waals surface area contributed by atoms with Gasteiger partial charge in [0.2, 0.25) is 0 Å². The van der Waals surface area contributed by atoms with Crippen LogP contribution in [0.25, 0.3) is 0 Å². The second-order valence-corrected chi connectivity index (χ2v) is 5.98. The molecule has 1 aromatic carbocycles. The van der Waals surface area contributed by atoms with Crippen LogP contribution < -0.4 is 11.1 Å². The number of nitrogens with one attached hydrogen (secondary N) is 1. The Morgan fingerprint density at radius 2 is 2.20 bits per heavy atom. The molecule has 1 aromatic heterocycles. The van der Waals surface area contributed by atoms with E-state index in [1.807, 2.05) is 12.1 Å². The first-order chi connectivity index (χ1) is 11.7. The molecule has 2 heterocycles. The Bertz CT molecular complexity index is 663. The third-order valence-corrected chi connectivity index (χ3v) is 4.08. The highest BCUT2D eigenvalue weighted by molar-refractivity contribution is 5.94. The van der Waals surface area contributed by atoms with Gasteiger partial charge in [0, 0.05) is 30.9 Å². The molecular formula is C18H24ClN3O3. The minimum Gasteiger partial charge on any atom is -0.468 e. The summed E-state index contributed by atoms with van der Waals surface area (Å²) in [5.41, 5.74) is 6.87. The summed E-state index contributed by atoms with van der Waals surface area (Å²) in [5, 5.41) is 2.92. The van der Waals surface area contributed by atoms with Gasteiger partial charge in [0.15, 0.2) is 0 Å². The van der Waals surface area contributed by atoms with Crippen LogP contribution in [0, 0.1) is 0 Å². The number of nitrogens with zero attached hydrogens (tertiary/aromatic N) is 1. The molecule has 0 spiro atoms. The summed E-state index contributed by atoms with van der Waals surface area (Å²) in [6.07, 6.45) is 2.59. The molecule has 7 heteroatoms. The fourth-order valence-corrected chi connectivity index (χ4v) is 2.85. The number of carbonyl (C=O) groups excluding carboxylic acids is 1. The molecule has 1 saturated heterocycles. The number of nitrogen functional groups attached to an aromatic ring is 1. The van der Waals surface area contributed by atoms with Crippen LogP contribution in [-0.2, 0) is 11.3 Å². The van der Waals surface area contributed by atoms with Crippen molar-refractivity contribution in [2.45, 2.75) is 19.1 Å². The minimum atomic E-state index is -0.106. The molecule has 25 heavy (non-hydrogen) atoms. The first kappa shape index (κ1) is 19.3. The highest BCUT2D eigenvalue weighted by Gasteiger charge is 2.21. The SMILES string of the molecule is Cl.Nc1cccc(C(=O)NCCC2CN(Cc3ccco3)CCO2)c1. The van der Waals surface area contributed by atoms with Crippen LogP contribution >= 0.6 is 12.4 Å². The van der Waals surface area contributed by atoms with Crippen LogP contribution in [0.1, 0.15) is 22.5 Å². The van der Waals surface area contributed by atoms with Gasteiger partial charge in [-0.25, -0.2) is 0 Å². The van der Waals surface area contributed by atoms with Crippen molar-refractivity contribution in [3.05, 3.63) is 54.0 Å². The van der Waals surface area contributed by atoms with Crippen LogP contribution in [-0.4, -0.2) is 43.2 Å². The predicted molar refractivity (Wildman–Crippen MR) is 98.8 cm³/mol. The summed E-state index contributed by atoms with van der Waals surface area (Å²) in [6, 6.07) is 10.9. The number of nitrogens with two attached hydrogens (primary N) is 1. The lowest BCUT2D eigenvalue weighted by atomic mass is 10.1. The van der Waals surface area contributed by atoms with Crippen LogP contribution in [0.3, 0.4) is 0 Å². The monoisotopic (exact) mass is 365 g/mol. The maximum atomic E-state index is 12.1.